The van der Waals surface area contributed by atoms with Crippen molar-refractivity contribution in [2.24, 2.45) is 0 Å². The molecule has 0 saturated heterocycles. The summed E-state index contributed by atoms with van der Waals surface area (Å²) >= 11 is 3.16. The SMILES string of the molecule is CC(=O)OC1(Br)C(=O)Nc2ccccc21. The Labute approximate surface area is 94.7 Å². The molecule has 0 saturated carbocycles. The van der Waals surface area contributed by atoms with Crippen LogP contribution in [0.4, 0.5) is 5.69 Å². The number of esters is 1. The lowest BCUT2D eigenvalue weighted by molar-refractivity contribution is -0.154. The van der Waals surface area contributed by atoms with Crippen LogP contribution in [-0.2, 0) is 18.8 Å². The smallest absolute Gasteiger partial charge is 0.304 e. The maximum atomic E-state index is 11.7. The van der Waals surface area contributed by atoms with Gasteiger partial charge in [-0.1, -0.05) is 18.2 Å². The van der Waals surface area contributed by atoms with E-state index in [0.29, 0.717) is 11.3 Å². The first-order valence-corrected chi connectivity index (χ1v) is 5.13. The molecule has 0 radical (unpaired) electrons. The lowest BCUT2D eigenvalue weighted by Crippen LogP contribution is -2.32. The van der Waals surface area contributed by atoms with Crippen LogP contribution in [0.25, 0.3) is 0 Å². The van der Waals surface area contributed by atoms with E-state index >= 15 is 0 Å². The molecule has 1 heterocycles. The normalized spacial score (nSPS) is 23.2. The summed E-state index contributed by atoms with van der Waals surface area (Å²) in [6, 6.07) is 7.05. The molecule has 5 heteroatoms. The van der Waals surface area contributed by atoms with Crippen LogP contribution in [-0.4, -0.2) is 11.9 Å². The largest absolute Gasteiger partial charge is 0.433 e. The molecule has 78 valence electrons. The number of nitrogens with one attached hydrogen (secondary N) is 1. The van der Waals surface area contributed by atoms with Crippen molar-refractivity contribution >= 4 is 33.5 Å². The molecule has 1 unspecified atom stereocenters. The third-order valence-corrected chi connectivity index (χ3v) is 3.05. The van der Waals surface area contributed by atoms with E-state index in [-0.39, 0.29) is 5.91 Å². The Morgan fingerprint density at radius 3 is 2.80 bits per heavy atom. The maximum absolute atomic E-state index is 11.7. The zero-order valence-corrected chi connectivity index (χ0v) is 9.50. The van der Waals surface area contributed by atoms with Crippen LogP contribution in [0, 0.1) is 0 Å². The molecular formula is C10H8BrNO3. The molecule has 1 N–H and O–H groups in total. The number of para-hydroxylation sites is 1. The van der Waals surface area contributed by atoms with Gasteiger partial charge >= 0.3 is 5.97 Å². The quantitative estimate of drug-likeness (QED) is 0.624. The fraction of sp³-hybridized carbons (Fsp3) is 0.200. The molecule has 1 aliphatic heterocycles. The average molecular weight is 270 g/mol. The molecular weight excluding hydrogens is 262 g/mol. The summed E-state index contributed by atoms with van der Waals surface area (Å²) in [6.07, 6.45) is 0. The van der Waals surface area contributed by atoms with E-state index < -0.39 is 10.5 Å². The van der Waals surface area contributed by atoms with Crippen LogP contribution in [0.3, 0.4) is 0 Å². The van der Waals surface area contributed by atoms with Gasteiger partial charge in [-0.05, 0) is 22.0 Å². The summed E-state index contributed by atoms with van der Waals surface area (Å²) in [7, 11) is 0. The summed E-state index contributed by atoms with van der Waals surface area (Å²) in [5.41, 5.74) is 1.27. The maximum Gasteiger partial charge on any atom is 0.304 e. The summed E-state index contributed by atoms with van der Waals surface area (Å²) in [5, 5.41) is 2.63. The predicted molar refractivity (Wildman–Crippen MR) is 57.4 cm³/mol. The second kappa shape index (κ2) is 3.34. The van der Waals surface area contributed by atoms with Gasteiger partial charge in [-0.2, -0.15) is 0 Å². The van der Waals surface area contributed by atoms with E-state index in [0.717, 1.165) is 0 Å². The number of alkyl halides is 1. The standard InChI is InChI=1S/C10H8BrNO3/c1-6(13)15-10(11)7-4-2-3-5-8(7)12-9(10)14/h2-5H,1H3,(H,12,14). The van der Waals surface area contributed by atoms with Crippen LogP contribution in [0.2, 0.25) is 0 Å². The third-order valence-electron chi connectivity index (χ3n) is 2.10. The summed E-state index contributed by atoms with van der Waals surface area (Å²) in [6.45, 7) is 1.26. The highest BCUT2D eigenvalue weighted by atomic mass is 79.9. The predicted octanol–water partition coefficient (Wildman–Crippen LogP) is 1.75. The van der Waals surface area contributed by atoms with Crippen LogP contribution in [0.1, 0.15) is 12.5 Å². The minimum atomic E-state index is -1.38. The monoisotopic (exact) mass is 269 g/mol. The Morgan fingerprint density at radius 1 is 1.47 bits per heavy atom. The van der Waals surface area contributed by atoms with E-state index in [4.69, 9.17) is 4.74 Å². The van der Waals surface area contributed by atoms with Gasteiger partial charge in [0.25, 0.3) is 10.4 Å². The molecule has 0 bridgehead atoms. The molecule has 2 rings (SSSR count). The van der Waals surface area contributed by atoms with Crippen molar-refractivity contribution in [3.63, 3.8) is 0 Å². The number of rotatable bonds is 1. The van der Waals surface area contributed by atoms with Crippen molar-refractivity contribution in [3.05, 3.63) is 29.8 Å². The van der Waals surface area contributed by atoms with Gasteiger partial charge in [0.1, 0.15) is 0 Å². The Hall–Kier alpha value is -1.36. The number of carbonyl (C=O) groups excluding carboxylic acids is 2. The molecule has 0 aromatic heterocycles. The fourth-order valence-electron chi connectivity index (χ4n) is 1.50. The van der Waals surface area contributed by atoms with E-state index in [1.54, 1.807) is 24.3 Å². The molecule has 1 atom stereocenters. The highest BCUT2D eigenvalue weighted by Gasteiger charge is 2.47. The van der Waals surface area contributed by atoms with Crippen molar-refractivity contribution in [2.45, 2.75) is 11.4 Å². The lowest BCUT2D eigenvalue weighted by atomic mass is 10.1. The molecule has 0 spiro atoms. The molecule has 1 aromatic carbocycles. The lowest BCUT2D eigenvalue weighted by Gasteiger charge is -2.19. The molecule has 0 aliphatic carbocycles. The number of fused-ring (bicyclic) bond motifs is 1. The van der Waals surface area contributed by atoms with Gasteiger partial charge in [-0.3, -0.25) is 9.59 Å². The van der Waals surface area contributed by atoms with Gasteiger partial charge in [0, 0.05) is 18.2 Å². The summed E-state index contributed by atoms with van der Waals surface area (Å²) in [5.74, 6) is -0.905. The number of halogens is 1. The minimum absolute atomic E-state index is 0.390. The summed E-state index contributed by atoms with van der Waals surface area (Å²) < 4.78 is 3.62. The minimum Gasteiger partial charge on any atom is -0.433 e. The highest BCUT2D eigenvalue weighted by Crippen LogP contribution is 2.43. The zero-order valence-electron chi connectivity index (χ0n) is 7.91. The first-order valence-electron chi connectivity index (χ1n) is 4.33. The number of ether oxygens (including phenoxy) is 1. The van der Waals surface area contributed by atoms with Crippen LogP contribution < -0.4 is 5.32 Å². The second-order valence-electron chi connectivity index (χ2n) is 3.19. The number of amides is 1. The van der Waals surface area contributed by atoms with Gasteiger partial charge in [-0.15, -0.1) is 0 Å². The Bertz CT molecular complexity index is 446. The van der Waals surface area contributed by atoms with Crippen molar-refractivity contribution < 1.29 is 14.3 Å². The molecule has 0 fully saturated rings. The van der Waals surface area contributed by atoms with Gasteiger partial charge < -0.3 is 10.1 Å². The topological polar surface area (TPSA) is 55.4 Å². The molecule has 4 nitrogen and oxygen atoms in total. The van der Waals surface area contributed by atoms with Crippen molar-refractivity contribution in [2.75, 3.05) is 5.32 Å². The molecule has 1 aromatic rings. The van der Waals surface area contributed by atoms with E-state index in [9.17, 15) is 9.59 Å². The van der Waals surface area contributed by atoms with Crippen molar-refractivity contribution in [1.29, 1.82) is 0 Å². The van der Waals surface area contributed by atoms with Gasteiger partial charge in [0.15, 0.2) is 0 Å². The number of hydrogen-bond donors (Lipinski definition) is 1. The number of anilines is 1. The average Bonchev–Trinajstić information content (AvgIpc) is 2.39. The first-order chi connectivity index (χ1) is 7.04. The molecule has 1 aliphatic rings. The Balaban J connectivity index is 2.49. The van der Waals surface area contributed by atoms with Crippen molar-refractivity contribution in [1.82, 2.24) is 0 Å². The van der Waals surface area contributed by atoms with Gasteiger partial charge in [0.05, 0.1) is 0 Å². The van der Waals surface area contributed by atoms with Crippen molar-refractivity contribution in [3.8, 4) is 0 Å². The van der Waals surface area contributed by atoms with E-state index in [1.165, 1.54) is 6.92 Å². The fourth-order valence-corrected chi connectivity index (χ4v) is 2.17. The van der Waals surface area contributed by atoms with E-state index in [2.05, 4.69) is 21.2 Å². The number of hydrogen-bond acceptors (Lipinski definition) is 3. The Kier molecular flexibility index (Phi) is 2.26. The Morgan fingerprint density at radius 2 is 2.13 bits per heavy atom. The first kappa shape index (κ1) is 10.2. The number of benzene rings is 1. The second-order valence-corrected chi connectivity index (χ2v) is 4.31. The number of carbonyl (C=O) groups is 2. The molecule has 1 amide bonds. The highest BCUT2D eigenvalue weighted by molar-refractivity contribution is 9.10. The van der Waals surface area contributed by atoms with E-state index in [1.807, 2.05) is 0 Å². The van der Waals surface area contributed by atoms with Crippen LogP contribution in [0.15, 0.2) is 24.3 Å². The zero-order chi connectivity index (χ0) is 11.1. The summed E-state index contributed by atoms with van der Waals surface area (Å²) in [4.78, 5) is 22.6. The van der Waals surface area contributed by atoms with Gasteiger partial charge in [0.2, 0.25) is 0 Å². The third kappa shape index (κ3) is 1.52. The van der Waals surface area contributed by atoms with Crippen LogP contribution >= 0.6 is 15.9 Å². The van der Waals surface area contributed by atoms with Gasteiger partial charge in [-0.25, -0.2) is 0 Å². The van der Waals surface area contributed by atoms with Crippen LogP contribution in [0.5, 0.6) is 0 Å². The molecule has 15 heavy (non-hydrogen) atoms.